The van der Waals surface area contributed by atoms with Crippen LogP contribution in [0.3, 0.4) is 0 Å². The van der Waals surface area contributed by atoms with Gasteiger partial charge in [-0.1, -0.05) is 56.5 Å². The van der Waals surface area contributed by atoms with Crippen LogP contribution >= 0.6 is 0 Å². The molecule has 1 aromatic carbocycles. The molecular weight excluding hydrogens is 428 g/mol. The van der Waals surface area contributed by atoms with Gasteiger partial charge in [-0.15, -0.1) is 0 Å². The summed E-state index contributed by atoms with van der Waals surface area (Å²) in [6.07, 6.45) is 12.6. The number of carboxylic acid groups (broad SMARTS) is 1. The maximum Gasteiger partial charge on any atom is 0.347 e. The number of aliphatic carboxylic acids is 1. The summed E-state index contributed by atoms with van der Waals surface area (Å²) in [7, 11) is 0. The summed E-state index contributed by atoms with van der Waals surface area (Å²) in [6.45, 7) is 5.82. The molecule has 3 aliphatic rings. The number of carbonyl (C=O) groups is 2. The molecule has 1 N–H and O–H groups in total. The topological polar surface area (TPSA) is 79.2 Å². The fraction of sp³-hybridized carbons (Fsp3) is 0.536. The van der Waals surface area contributed by atoms with Crippen LogP contribution in [0.25, 0.3) is 5.57 Å². The molecule has 6 nitrogen and oxygen atoms in total. The number of carbonyl (C=O) groups excluding carboxylic acids is 1. The molecule has 1 fully saturated rings. The third kappa shape index (κ3) is 4.82. The molecule has 0 aromatic heterocycles. The quantitative estimate of drug-likeness (QED) is 0.496. The molecule has 1 amide bonds. The lowest BCUT2D eigenvalue weighted by Gasteiger charge is -2.27. The van der Waals surface area contributed by atoms with Gasteiger partial charge in [0.15, 0.2) is 5.60 Å². The molecule has 1 aliphatic heterocycles. The zero-order valence-corrected chi connectivity index (χ0v) is 20.6. The first-order chi connectivity index (χ1) is 16.3. The minimum atomic E-state index is -1.30. The maximum absolute atomic E-state index is 13.4. The highest BCUT2D eigenvalue weighted by atomic mass is 16.5. The summed E-state index contributed by atoms with van der Waals surface area (Å²) in [5, 5.41) is 9.46. The number of unbranched alkanes of at least 4 members (excludes halogenated alkanes) is 1. The Hall–Kier alpha value is -2.89. The van der Waals surface area contributed by atoms with Gasteiger partial charge in [0, 0.05) is 12.0 Å². The molecule has 4 rings (SSSR count). The zero-order valence-electron chi connectivity index (χ0n) is 20.6. The Morgan fingerprint density at radius 3 is 2.47 bits per heavy atom. The summed E-state index contributed by atoms with van der Waals surface area (Å²) < 4.78 is 5.89. The lowest BCUT2D eigenvalue weighted by Crippen LogP contribution is -2.40. The van der Waals surface area contributed by atoms with Crippen molar-refractivity contribution in [2.24, 2.45) is 4.99 Å². The van der Waals surface area contributed by atoms with Crippen LogP contribution in [0.4, 0.5) is 0 Å². The Labute approximate surface area is 202 Å². The fourth-order valence-corrected chi connectivity index (χ4v) is 5.00. The first kappa shape index (κ1) is 24.2. The van der Waals surface area contributed by atoms with Crippen molar-refractivity contribution in [1.29, 1.82) is 0 Å². The molecule has 0 unspecified atom stereocenters. The van der Waals surface area contributed by atoms with Crippen molar-refractivity contribution in [3.8, 4) is 0 Å². The Kier molecular flexibility index (Phi) is 6.96. The minimum Gasteiger partial charge on any atom is -0.478 e. The first-order valence-corrected chi connectivity index (χ1v) is 12.6. The minimum absolute atomic E-state index is 0.171. The largest absolute Gasteiger partial charge is 0.478 e. The lowest BCUT2D eigenvalue weighted by atomic mass is 9.95. The standard InChI is InChI=1S/C28H36N2O4/c1-4-5-12-24-29-28(17-8-9-18-28)25(31)30(24)19-20-13-15-21(16-14-20)22-10-6-7-11-23(22)34-27(2,3)26(32)33/h10-11,13-16H,4-9,12,17-19H2,1-3H3,(H,32,33). The van der Waals surface area contributed by atoms with Crippen LogP contribution in [-0.2, 0) is 20.9 Å². The van der Waals surface area contributed by atoms with Crippen LogP contribution in [0.15, 0.2) is 47.2 Å². The van der Waals surface area contributed by atoms with Gasteiger partial charge in [-0.3, -0.25) is 14.7 Å². The zero-order chi connectivity index (χ0) is 24.3. The van der Waals surface area contributed by atoms with Crippen LogP contribution in [0.5, 0.6) is 0 Å². The predicted octanol–water partition coefficient (Wildman–Crippen LogP) is 5.87. The highest BCUT2D eigenvalue weighted by Crippen LogP contribution is 2.40. The summed E-state index contributed by atoms with van der Waals surface area (Å²) in [5.74, 6) is 0.731. The van der Waals surface area contributed by atoms with E-state index in [0.29, 0.717) is 12.3 Å². The predicted molar refractivity (Wildman–Crippen MR) is 133 cm³/mol. The van der Waals surface area contributed by atoms with Gasteiger partial charge in [0.25, 0.3) is 5.91 Å². The van der Waals surface area contributed by atoms with Crippen molar-refractivity contribution >= 4 is 23.3 Å². The molecule has 0 saturated heterocycles. The summed E-state index contributed by atoms with van der Waals surface area (Å²) in [5.41, 5.74) is 1.15. The van der Waals surface area contributed by atoms with E-state index in [9.17, 15) is 14.7 Å². The monoisotopic (exact) mass is 464 g/mol. The van der Waals surface area contributed by atoms with Crippen molar-refractivity contribution in [2.75, 3.05) is 0 Å². The number of amides is 1. The van der Waals surface area contributed by atoms with E-state index >= 15 is 0 Å². The average Bonchev–Trinajstić information content (AvgIpc) is 3.39. The van der Waals surface area contributed by atoms with Gasteiger partial charge >= 0.3 is 5.97 Å². The number of amidine groups is 1. The SMILES string of the molecule is CCCCC1=NC2(CCCC2)C(=O)N1Cc1ccc(C2=CCCC=C2OC(C)(C)C(=O)O)cc1. The van der Waals surface area contributed by atoms with E-state index in [0.717, 1.165) is 80.3 Å². The van der Waals surface area contributed by atoms with Crippen molar-refractivity contribution < 1.29 is 19.4 Å². The molecule has 2 aliphatic carbocycles. The van der Waals surface area contributed by atoms with Crippen LogP contribution < -0.4 is 0 Å². The van der Waals surface area contributed by atoms with E-state index in [2.05, 4.69) is 25.1 Å². The van der Waals surface area contributed by atoms with Gasteiger partial charge in [-0.25, -0.2) is 4.79 Å². The third-order valence-electron chi connectivity index (χ3n) is 7.08. The molecule has 0 bridgehead atoms. The van der Waals surface area contributed by atoms with E-state index in [1.54, 1.807) is 13.8 Å². The fourth-order valence-electron chi connectivity index (χ4n) is 5.00. The Morgan fingerprint density at radius 1 is 1.15 bits per heavy atom. The first-order valence-electron chi connectivity index (χ1n) is 12.6. The van der Waals surface area contributed by atoms with Crippen molar-refractivity contribution in [3.05, 3.63) is 53.3 Å². The Morgan fingerprint density at radius 2 is 1.82 bits per heavy atom. The molecular formula is C28H36N2O4. The van der Waals surface area contributed by atoms with Crippen LogP contribution in [-0.4, -0.2) is 38.9 Å². The summed E-state index contributed by atoms with van der Waals surface area (Å²) in [4.78, 5) is 31.8. The number of allylic oxidation sites excluding steroid dienone is 3. The second kappa shape index (κ2) is 9.77. The number of ether oxygens (including phenoxy) is 1. The average molecular weight is 465 g/mol. The number of aliphatic imine (C=N–C) groups is 1. The van der Waals surface area contributed by atoms with E-state index in [1.807, 2.05) is 23.1 Å². The van der Waals surface area contributed by atoms with Gasteiger partial charge in [0.1, 0.15) is 17.1 Å². The van der Waals surface area contributed by atoms with E-state index in [-0.39, 0.29) is 5.91 Å². The normalized spacial score (nSPS) is 19.8. The third-order valence-corrected chi connectivity index (χ3v) is 7.08. The Bertz CT molecular complexity index is 1030. The van der Waals surface area contributed by atoms with Gasteiger partial charge in [-0.05, 0) is 63.2 Å². The molecule has 1 spiro atoms. The van der Waals surface area contributed by atoms with Crippen LogP contribution in [0.1, 0.15) is 89.7 Å². The highest BCUT2D eigenvalue weighted by Gasteiger charge is 2.49. The summed E-state index contributed by atoms with van der Waals surface area (Å²) in [6, 6.07) is 8.17. The van der Waals surface area contributed by atoms with E-state index in [1.165, 1.54) is 0 Å². The Balaban J connectivity index is 1.51. The molecule has 0 atom stereocenters. The molecule has 182 valence electrons. The molecule has 1 heterocycles. The number of hydrogen-bond donors (Lipinski definition) is 1. The molecule has 6 heteroatoms. The van der Waals surface area contributed by atoms with E-state index in [4.69, 9.17) is 9.73 Å². The highest BCUT2D eigenvalue weighted by molar-refractivity contribution is 6.08. The van der Waals surface area contributed by atoms with Crippen molar-refractivity contribution in [2.45, 2.75) is 96.2 Å². The number of benzene rings is 1. The number of hydrogen-bond acceptors (Lipinski definition) is 4. The number of nitrogens with zero attached hydrogens (tertiary/aromatic N) is 2. The van der Waals surface area contributed by atoms with Gasteiger partial charge in [-0.2, -0.15) is 0 Å². The smallest absolute Gasteiger partial charge is 0.347 e. The number of carboxylic acids is 1. The summed E-state index contributed by atoms with van der Waals surface area (Å²) >= 11 is 0. The van der Waals surface area contributed by atoms with Gasteiger partial charge < -0.3 is 9.84 Å². The lowest BCUT2D eigenvalue weighted by molar-refractivity contribution is -0.156. The maximum atomic E-state index is 13.4. The second-order valence-corrected chi connectivity index (χ2v) is 10.1. The van der Waals surface area contributed by atoms with Gasteiger partial charge in [0.2, 0.25) is 0 Å². The van der Waals surface area contributed by atoms with Crippen molar-refractivity contribution in [3.63, 3.8) is 0 Å². The molecule has 0 radical (unpaired) electrons. The molecule has 1 saturated carbocycles. The van der Waals surface area contributed by atoms with Gasteiger partial charge in [0.05, 0.1) is 6.54 Å². The molecule has 1 aromatic rings. The van der Waals surface area contributed by atoms with Crippen molar-refractivity contribution in [1.82, 2.24) is 4.90 Å². The second-order valence-electron chi connectivity index (χ2n) is 10.1. The van der Waals surface area contributed by atoms with Crippen LogP contribution in [0, 0.1) is 0 Å². The van der Waals surface area contributed by atoms with Crippen LogP contribution in [0.2, 0.25) is 0 Å². The molecule has 34 heavy (non-hydrogen) atoms. The number of rotatable bonds is 9. The van der Waals surface area contributed by atoms with E-state index < -0.39 is 17.1 Å².